The molecule has 2 aromatic carbocycles. The predicted octanol–water partition coefficient (Wildman–Crippen LogP) is 3.09. The second kappa shape index (κ2) is 6.51. The fourth-order valence-corrected chi connectivity index (χ4v) is 2.23. The summed E-state index contributed by atoms with van der Waals surface area (Å²) in [6, 6.07) is 16.5. The van der Waals surface area contributed by atoms with Crippen LogP contribution in [0.15, 0.2) is 63.6 Å². The standard InChI is InChI=1S/C17H10N6O/c18-9-13(10-19)21-20-12-7-5-11(6-8-12)16-14-3-1-2-4-15(14)17(24)23-22-16/h1-8,13H,(H,23,24). The molecule has 1 heterocycles. The molecule has 1 N–H and O–H groups in total. The summed E-state index contributed by atoms with van der Waals surface area (Å²) in [6.45, 7) is 0. The largest absolute Gasteiger partial charge is 0.272 e. The Kier molecular flexibility index (Phi) is 4.09. The first-order valence-electron chi connectivity index (χ1n) is 7.01. The van der Waals surface area contributed by atoms with Crippen LogP contribution in [0.25, 0.3) is 22.0 Å². The highest BCUT2D eigenvalue weighted by molar-refractivity contribution is 5.93. The van der Waals surface area contributed by atoms with Gasteiger partial charge in [0.2, 0.25) is 6.04 Å². The maximum Gasteiger partial charge on any atom is 0.272 e. The van der Waals surface area contributed by atoms with Crippen molar-refractivity contribution in [1.82, 2.24) is 10.2 Å². The van der Waals surface area contributed by atoms with Gasteiger partial charge in [0.15, 0.2) is 0 Å². The van der Waals surface area contributed by atoms with Gasteiger partial charge in [0, 0.05) is 10.9 Å². The number of hydrogen-bond donors (Lipinski definition) is 1. The van der Waals surface area contributed by atoms with E-state index in [0.29, 0.717) is 16.8 Å². The van der Waals surface area contributed by atoms with E-state index in [0.717, 1.165) is 10.9 Å². The minimum absolute atomic E-state index is 0.237. The Bertz CT molecular complexity index is 1040. The molecular formula is C17H10N6O. The molecule has 24 heavy (non-hydrogen) atoms. The molecule has 0 aliphatic carbocycles. The lowest BCUT2D eigenvalue weighted by Gasteiger charge is -2.05. The third kappa shape index (κ3) is 2.87. The van der Waals surface area contributed by atoms with Gasteiger partial charge < -0.3 is 0 Å². The van der Waals surface area contributed by atoms with E-state index in [2.05, 4.69) is 20.4 Å². The number of H-pyrrole nitrogens is 1. The summed E-state index contributed by atoms with van der Waals surface area (Å²) in [6.07, 6.45) is 0. The van der Waals surface area contributed by atoms with Crippen molar-refractivity contribution in [3.63, 3.8) is 0 Å². The fraction of sp³-hybridized carbons (Fsp3) is 0.0588. The highest BCUT2D eigenvalue weighted by Crippen LogP contribution is 2.26. The van der Waals surface area contributed by atoms with E-state index in [-0.39, 0.29) is 5.56 Å². The first-order chi connectivity index (χ1) is 11.7. The van der Waals surface area contributed by atoms with Crippen LogP contribution in [0, 0.1) is 22.7 Å². The van der Waals surface area contributed by atoms with Gasteiger partial charge in [-0.15, -0.1) is 0 Å². The zero-order valence-electron chi connectivity index (χ0n) is 12.3. The molecule has 3 aromatic rings. The van der Waals surface area contributed by atoms with E-state index in [4.69, 9.17) is 10.5 Å². The number of aromatic nitrogens is 2. The Hall–Kier alpha value is -3.84. The van der Waals surface area contributed by atoms with E-state index in [1.165, 1.54) is 0 Å². The average molecular weight is 314 g/mol. The van der Waals surface area contributed by atoms with Gasteiger partial charge in [-0.25, -0.2) is 5.10 Å². The molecule has 0 bridgehead atoms. The van der Waals surface area contributed by atoms with Crippen molar-refractivity contribution in [2.24, 2.45) is 10.2 Å². The van der Waals surface area contributed by atoms with Crippen LogP contribution in [-0.2, 0) is 0 Å². The maximum atomic E-state index is 11.8. The summed E-state index contributed by atoms with van der Waals surface area (Å²) < 4.78 is 0. The molecule has 0 fully saturated rings. The lowest BCUT2D eigenvalue weighted by molar-refractivity contribution is 0.949. The van der Waals surface area contributed by atoms with Crippen LogP contribution in [0.5, 0.6) is 0 Å². The first kappa shape index (κ1) is 15.1. The van der Waals surface area contributed by atoms with Crippen LogP contribution in [0.1, 0.15) is 0 Å². The summed E-state index contributed by atoms with van der Waals surface area (Å²) in [7, 11) is 0. The van der Waals surface area contributed by atoms with Crippen LogP contribution in [0.3, 0.4) is 0 Å². The van der Waals surface area contributed by atoms with Crippen molar-refractivity contribution in [3.05, 3.63) is 58.9 Å². The molecule has 0 unspecified atom stereocenters. The Balaban J connectivity index is 1.98. The molecule has 0 spiro atoms. The van der Waals surface area contributed by atoms with Crippen molar-refractivity contribution in [1.29, 1.82) is 10.5 Å². The number of fused-ring (bicyclic) bond motifs is 1. The number of nitriles is 2. The third-order valence-electron chi connectivity index (χ3n) is 3.37. The lowest BCUT2D eigenvalue weighted by Crippen LogP contribution is -2.09. The zero-order valence-corrected chi connectivity index (χ0v) is 12.3. The monoisotopic (exact) mass is 314 g/mol. The van der Waals surface area contributed by atoms with Crippen molar-refractivity contribution in [3.8, 4) is 23.4 Å². The predicted molar refractivity (Wildman–Crippen MR) is 87.3 cm³/mol. The molecule has 3 rings (SSSR count). The number of nitrogens with zero attached hydrogens (tertiary/aromatic N) is 5. The van der Waals surface area contributed by atoms with Gasteiger partial charge in [-0.3, -0.25) is 4.79 Å². The maximum absolute atomic E-state index is 11.8. The van der Waals surface area contributed by atoms with Gasteiger partial charge in [-0.2, -0.15) is 25.9 Å². The van der Waals surface area contributed by atoms with Gasteiger partial charge in [0.05, 0.1) is 16.8 Å². The van der Waals surface area contributed by atoms with E-state index < -0.39 is 6.04 Å². The Morgan fingerprint density at radius 2 is 1.67 bits per heavy atom. The highest BCUT2D eigenvalue weighted by Gasteiger charge is 2.08. The van der Waals surface area contributed by atoms with E-state index in [9.17, 15) is 4.79 Å². The molecule has 0 atom stereocenters. The molecule has 114 valence electrons. The normalized spacial score (nSPS) is 10.8. The summed E-state index contributed by atoms with van der Waals surface area (Å²) in [5.74, 6) is 0. The summed E-state index contributed by atoms with van der Waals surface area (Å²) in [5, 5.41) is 32.8. The number of benzene rings is 2. The van der Waals surface area contributed by atoms with Gasteiger partial charge in [0.25, 0.3) is 5.56 Å². The van der Waals surface area contributed by atoms with Crippen LogP contribution in [0.4, 0.5) is 5.69 Å². The summed E-state index contributed by atoms with van der Waals surface area (Å²) >= 11 is 0. The van der Waals surface area contributed by atoms with E-state index in [1.807, 2.05) is 12.1 Å². The molecule has 0 radical (unpaired) electrons. The van der Waals surface area contributed by atoms with Crippen LogP contribution in [0.2, 0.25) is 0 Å². The van der Waals surface area contributed by atoms with E-state index in [1.54, 1.807) is 48.5 Å². The molecule has 7 nitrogen and oxygen atoms in total. The molecular weight excluding hydrogens is 304 g/mol. The second-order valence-electron chi connectivity index (χ2n) is 4.87. The fourth-order valence-electron chi connectivity index (χ4n) is 2.23. The summed E-state index contributed by atoms with van der Waals surface area (Å²) in [5.41, 5.74) is 1.74. The Labute approximate surface area is 136 Å². The smallest absolute Gasteiger partial charge is 0.267 e. The van der Waals surface area contributed by atoms with Gasteiger partial charge >= 0.3 is 0 Å². The lowest BCUT2D eigenvalue weighted by atomic mass is 10.1. The third-order valence-corrected chi connectivity index (χ3v) is 3.37. The molecule has 1 aromatic heterocycles. The topological polar surface area (TPSA) is 118 Å². The molecule has 7 heteroatoms. The highest BCUT2D eigenvalue weighted by atomic mass is 16.1. The van der Waals surface area contributed by atoms with Crippen molar-refractivity contribution in [2.75, 3.05) is 0 Å². The van der Waals surface area contributed by atoms with Crippen LogP contribution >= 0.6 is 0 Å². The van der Waals surface area contributed by atoms with Crippen LogP contribution < -0.4 is 5.56 Å². The van der Waals surface area contributed by atoms with Crippen LogP contribution in [-0.4, -0.2) is 16.2 Å². The van der Waals surface area contributed by atoms with Crippen molar-refractivity contribution >= 4 is 16.5 Å². The second-order valence-corrected chi connectivity index (χ2v) is 4.87. The minimum Gasteiger partial charge on any atom is -0.267 e. The molecule has 0 saturated heterocycles. The quantitative estimate of drug-likeness (QED) is 0.747. The van der Waals surface area contributed by atoms with Gasteiger partial charge in [0.1, 0.15) is 12.1 Å². The van der Waals surface area contributed by atoms with Crippen molar-refractivity contribution in [2.45, 2.75) is 6.04 Å². The number of aromatic amines is 1. The Morgan fingerprint density at radius 1 is 1.00 bits per heavy atom. The van der Waals surface area contributed by atoms with Gasteiger partial charge in [-0.05, 0) is 18.2 Å². The first-order valence-corrected chi connectivity index (χ1v) is 7.01. The number of hydrogen-bond acceptors (Lipinski definition) is 6. The number of rotatable bonds is 3. The molecule has 0 aliphatic heterocycles. The molecule has 0 aliphatic rings. The number of nitrogens with one attached hydrogen (secondary N) is 1. The zero-order chi connectivity index (χ0) is 16.9. The minimum atomic E-state index is -1.12. The molecule has 0 saturated carbocycles. The average Bonchev–Trinajstić information content (AvgIpc) is 2.64. The van der Waals surface area contributed by atoms with E-state index >= 15 is 0 Å². The SMILES string of the molecule is N#CC(C#N)N=Nc1ccc(-c2n[nH]c(=O)c3ccccc23)cc1. The summed E-state index contributed by atoms with van der Waals surface area (Å²) in [4.78, 5) is 11.8. The number of azo groups is 1. The molecule has 0 amide bonds. The Morgan fingerprint density at radius 3 is 2.33 bits per heavy atom. The van der Waals surface area contributed by atoms with Gasteiger partial charge in [-0.1, -0.05) is 30.3 Å². The van der Waals surface area contributed by atoms with Crippen molar-refractivity contribution < 1.29 is 0 Å².